The molecule has 11 heteroatoms. The van der Waals surface area contributed by atoms with Crippen LogP contribution in [0.5, 0.6) is 5.75 Å². The molecule has 2 N–H and O–H groups in total. The van der Waals surface area contributed by atoms with Gasteiger partial charge in [0.05, 0.1) is 23.3 Å². The Kier molecular flexibility index (Phi) is 7.82. The van der Waals surface area contributed by atoms with Crippen molar-refractivity contribution in [1.29, 1.82) is 0 Å². The lowest BCUT2D eigenvalue weighted by molar-refractivity contribution is -0.148. The first kappa shape index (κ1) is 26.6. The number of aromatic nitrogens is 2. The predicted molar refractivity (Wildman–Crippen MR) is 137 cm³/mol. The molecule has 2 aromatic heterocycles. The lowest BCUT2D eigenvalue weighted by Crippen LogP contribution is -2.46. The number of anilines is 2. The lowest BCUT2D eigenvalue weighted by atomic mass is 9.82. The van der Waals surface area contributed by atoms with Crippen LogP contribution in [0, 0.1) is 5.41 Å². The van der Waals surface area contributed by atoms with Gasteiger partial charge in [0.1, 0.15) is 22.4 Å². The summed E-state index contributed by atoms with van der Waals surface area (Å²) in [4.78, 5) is 22.6. The maximum Gasteiger partial charge on any atom is 0.418 e. The Morgan fingerprint density at radius 2 is 1.95 bits per heavy atom. The summed E-state index contributed by atoms with van der Waals surface area (Å²) >= 11 is 1.11. The molecule has 1 aliphatic rings. The third-order valence-corrected chi connectivity index (χ3v) is 6.90. The fourth-order valence-electron chi connectivity index (χ4n) is 4.24. The van der Waals surface area contributed by atoms with Crippen LogP contribution >= 0.6 is 11.9 Å². The van der Waals surface area contributed by atoms with Crippen LogP contribution in [0.15, 0.2) is 59.6 Å². The fraction of sp³-hybridized carbons (Fsp3) is 0.346. The average Bonchev–Trinajstić information content (AvgIpc) is 2.87. The SMILES string of the molecule is CCOc1ccccc1-c1nc(NSc2cccc(N3CCC[C@@](C)(C(=O)O)C3)n2)ccc1C(F)(F)F. The zero-order valence-corrected chi connectivity index (χ0v) is 21.2. The molecule has 0 amide bonds. The number of para-hydroxylation sites is 1. The van der Waals surface area contributed by atoms with E-state index >= 15 is 0 Å². The summed E-state index contributed by atoms with van der Waals surface area (Å²) in [6.45, 7) is 4.84. The summed E-state index contributed by atoms with van der Waals surface area (Å²) in [7, 11) is 0. The molecule has 37 heavy (non-hydrogen) atoms. The van der Waals surface area contributed by atoms with E-state index in [0.717, 1.165) is 24.4 Å². The van der Waals surface area contributed by atoms with Gasteiger partial charge in [0.25, 0.3) is 0 Å². The van der Waals surface area contributed by atoms with Gasteiger partial charge in [-0.25, -0.2) is 9.97 Å². The number of hydrogen-bond acceptors (Lipinski definition) is 7. The van der Waals surface area contributed by atoms with Gasteiger partial charge in [-0.2, -0.15) is 13.2 Å². The van der Waals surface area contributed by atoms with Crippen LogP contribution < -0.4 is 14.4 Å². The molecule has 0 radical (unpaired) electrons. The average molecular weight is 533 g/mol. The standard InChI is InChI=1S/C26H27F3N4O3S/c1-3-36-19-9-5-4-8-17(19)23-18(26(27,28)29)12-13-20(30-23)32-37-22-11-6-10-21(31-22)33-15-7-14-25(2,16-33)24(34)35/h4-6,8-13H,3,7,14-16H2,1-2H3,(H,30,32)(H,34,35)/t25-/m1/s1. The highest BCUT2D eigenvalue weighted by atomic mass is 32.2. The van der Waals surface area contributed by atoms with E-state index in [4.69, 9.17) is 4.74 Å². The van der Waals surface area contributed by atoms with E-state index < -0.39 is 23.1 Å². The van der Waals surface area contributed by atoms with Crippen molar-refractivity contribution in [3.05, 3.63) is 60.2 Å². The van der Waals surface area contributed by atoms with Crippen LogP contribution in [0.3, 0.4) is 0 Å². The Bertz CT molecular complexity index is 1270. The summed E-state index contributed by atoms with van der Waals surface area (Å²) < 4.78 is 49.9. The van der Waals surface area contributed by atoms with Crippen LogP contribution in [0.25, 0.3) is 11.3 Å². The number of carboxylic acid groups (broad SMARTS) is 1. The zero-order valence-electron chi connectivity index (χ0n) is 20.4. The molecule has 196 valence electrons. The van der Waals surface area contributed by atoms with Crippen molar-refractivity contribution in [1.82, 2.24) is 9.97 Å². The number of nitrogens with one attached hydrogen (secondary N) is 1. The number of nitrogens with zero attached hydrogens (tertiary/aromatic N) is 3. The third-order valence-electron chi connectivity index (χ3n) is 6.15. The summed E-state index contributed by atoms with van der Waals surface area (Å²) in [5.74, 6) is 0.352. The molecular weight excluding hydrogens is 505 g/mol. The molecule has 1 atom stereocenters. The Balaban J connectivity index is 1.57. The molecule has 1 fully saturated rings. The van der Waals surface area contributed by atoms with E-state index in [9.17, 15) is 23.1 Å². The van der Waals surface area contributed by atoms with Gasteiger partial charge in [-0.1, -0.05) is 18.2 Å². The molecule has 7 nitrogen and oxygen atoms in total. The molecule has 0 spiro atoms. The van der Waals surface area contributed by atoms with Crippen molar-refractivity contribution in [2.45, 2.75) is 37.9 Å². The molecule has 4 rings (SSSR count). The van der Waals surface area contributed by atoms with Crippen molar-refractivity contribution >= 4 is 29.6 Å². The first-order valence-electron chi connectivity index (χ1n) is 11.8. The molecule has 3 aromatic rings. The van der Waals surface area contributed by atoms with E-state index in [-0.39, 0.29) is 17.1 Å². The highest BCUT2D eigenvalue weighted by Crippen LogP contribution is 2.40. The number of hydrogen-bond donors (Lipinski definition) is 2. The van der Waals surface area contributed by atoms with Gasteiger partial charge in [-0.3, -0.25) is 4.79 Å². The topological polar surface area (TPSA) is 87.6 Å². The number of carbonyl (C=O) groups is 1. The second kappa shape index (κ2) is 10.9. The largest absolute Gasteiger partial charge is 0.493 e. The smallest absolute Gasteiger partial charge is 0.418 e. The van der Waals surface area contributed by atoms with Crippen molar-refractivity contribution in [2.24, 2.45) is 5.41 Å². The van der Waals surface area contributed by atoms with Gasteiger partial charge in [0.15, 0.2) is 0 Å². The number of aliphatic carboxylic acids is 1. The van der Waals surface area contributed by atoms with Crippen molar-refractivity contribution < 1.29 is 27.8 Å². The molecule has 0 saturated carbocycles. The fourth-order valence-corrected chi connectivity index (χ4v) is 4.85. The molecule has 0 bridgehead atoms. The monoisotopic (exact) mass is 532 g/mol. The summed E-state index contributed by atoms with van der Waals surface area (Å²) in [6, 6.07) is 14.2. The van der Waals surface area contributed by atoms with E-state index in [2.05, 4.69) is 14.7 Å². The Hall–Kier alpha value is -3.47. The number of rotatable bonds is 8. The van der Waals surface area contributed by atoms with Gasteiger partial charge in [0, 0.05) is 30.6 Å². The van der Waals surface area contributed by atoms with E-state index in [0.29, 0.717) is 42.7 Å². The summed E-state index contributed by atoms with van der Waals surface area (Å²) in [5.41, 5.74) is -1.69. The van der Waals surface area contributed by atoms with Crippen molar-refractivity contribution in [2.75, 3.05) is 29.3 Å². The number of ether oxygens (including phenoxy) is 1. The quantitative estimate of drug-likeness (QED) is 0.324. The molecule has 0 aliphatic carbocycles. The number of benzene rings is 1. The van der Waals surface area contributed by atoms with Gasteiger partial charge in [-0.15, -0.1) is 0 Å². The second-order valence-corrected chi connectivity index (χ2v) is 9.78. The van der Waals surface area contributed by atoms with Gasteiger partial charge < -0.3 is 19.5 Å². The minimum Gasteiger partial charge on any atom is -0.493 e. The minimum absolute atomic E-state index is 0.225. The van der Waals surface area contributed by atoms with Gasteiger partial charge >= 0.3 is 12.1 Å². The van der Waals surface area contributed by atoms with Crippen LogP contribution in [0.1, 0.15) is 32.3 Å². The number of pyridine rings is 2. The maximum absolute atomic E-state index is 13.8. The van der Waals surface area contributed by atoms with Crippen molar-refractivity contribution in [3.8, 4) is 17.0 Å². The number of piperidine rings is 1. The molecule has 1 saturated heterocycles. The number of halogens is 3. The van der Waals surface area contributed by atoms with E-state index in [1.165, 1.54) is 6.07 Å². The minimum atomic E-state index is -4.60. The summed E-state index contributed by atoms with van der Waals surface area (Å²) in [6.07, 6.45) is -3.26. The lowest BCUT2D eigenvalue weighted by Gasteiger charge is -2.38. The predicted octanol–water partition coefficient (Wildman–Crippen LogP) is 6.37. The zero-order chi connectivity index (χ0) is 26.6. The Labute approximate surface area is 217 Å². The van der Waals surface area contributed by atoms with E-state index in [1.807, 2.05) is 17.0 Å². The molecule has 0 unspecified atom stereocenters. The third kappa shape index (κ3) is 6.10. The number of carboxylic acids is 1. The number of alkyl halides is 3. The van der Waals surface area contributed by atoms with Crippen molar-refractivity contribution in [3.63, 3.8) is 0 Å². The van der Waals surface area contributed by atoms with Gasteiger partial charge in [-0.05, 0) is 63.1 Å². The highest BCUT2D eigenvalue weighted by molar-refractivity contribution is 8.00. The Morgan fingerprint density at radius 3 is 2.68 bits per heavy atom. The molecule has 3 heterocycles. The summed E-state index contributed by atoms with van der Waals surface area (Å²) in [5, 5.41) is 10.2. The first-order chi connectivity index (χ1) is 17.6. The van der Waals surface area contributed by atoms with Gasteiger partial charge in [0.2, 0.25) is 0 Å². The maximum atomic E-state index is 13.8. The van der Waals surface area contributed by atoms with Crippen LogP contribution in [0.4, 0.5) is 24.8 Å². The Morgan fingerprint density at radius 1 is 1.16 bits per heavy atom. The molecule has 1 aromatic carbocycles. The van der Waals surface area contributed by atoms with E-state index in [1.54, 1.807) is 44.2 Å². The molecular formula is C26H27F3N4O3S. The van der Waals surface area contributed by atoms with Crippen LogP contribution in [0.2, 0.25) is 0 Å². The highest BCUT2D eigenvalue weighted by Gasteiger charge is 2.38. The van der Waals surface area contributed by atoms with Crippen LogP contribution in [-0.2, 0) is 11.0 Å². The normalized spacial score (nSPS) is 17.9. The first-order valence-corrected chi connectivity index (χ1v) is 12.6. The van der Waals surface area contributed by atoms with Crippen LogP contribution in [-0.4, -0.2) is 40.7 Å². The molecule has 1 aliphatic heterocycles. The second-order valence-electron chi connectivity index (χ2n) is 8.95.